The summed E-state index contributed by atoms with van der Waals surface area (Å²) < 4.78 is 16.2. The van der Waals surface area contributed by atoms with Crippen LogP contribution in [-0.2, 0) is 16.1 Å². The Morgan fingerprint density at radius 3 is 2.75 bits per heavy atom. The number of hydrogen-bond donors (Lipinski definition) is 0. The van der Waals surface area contributed by atoms with E-state index in [1.54, 1.807) is 19.1 Å². The number of nitrogens with zero attached hydrogens (tertiary/aromatic N) is 1. The van der Waals surface area contributed by atoms with Crippen molar-refractivity contribution in [2.75, 3.05) is 26.3 Å². The number of ether oxygens (including phenoxy) is 2. The Labute approximate surface area is 140 Å². The number of carbonyl (C=O) groups is 1. The van der Waals surface area contributed by atoms with Crippen molar-refractivity contribution in [2.24, 2.45) is 0 Å². The van der Waals surface area contributed by atoms with Crippen LogP contribution >= 0.6 is 0 Å². The van der Waals surface area contributed by atoms with Crippen LogP contribution in [0.4, 0.5) is 0 Å². The van der Waals surface area contributed by atoms with E-state index < -0.39 is 6.10 Å². The summed E-state index contributed by atoms with van der Waals surface area (Å²) in [6.45, 7) is 6.96. The maximum Gasteiger partial charge on any atom is 0.336 e. The summed E-state index contributed by atoms with van der Waals surface area (Å²) in [5.41, 5.74) is 1.01. The van der Waals surface area contributed by atoms with Gasteiger partial charge in [0, 0.05) is 37.2 Å². The maximum atomic E-state index is 11.9. The molecule has 0 bridgehead atoms. The number of hydrogen-bond acceptors (Lipinski definition) is 6. The first-order valence-electron chi connectivity index (χ1n) is 8.07. The lowest BCUT2D eigenvalue weighted by atomic mass is 10.1. The molecule has 128 valence electrons. The Bertz CT molecular complexity index is 792. The van der Waals surface area contributed by atoms with Crippen LogP contribution in [0.15, 0.2) is 33.5 Å². The fourth-order valence-electron chi connectivity index (χ4n) is 2.70. The highest BCUT2D eigenvalue weighted by atomic mass is 16.5. The molecule has 6 nitrogen and oxygen atoms in total. The van der Waals surface area contributed by atoms with Crippen molar-refractivity contribution in [1.29, 1.82) is 0 Å². The van der Waals surface area contributed by atoms with E-state index in [9.17, 15) is 9.59 Å². The number of benzene rings is 1. The molecule has 0 amide bonds. The first-order valence-corrected chi connectivity index (χ1v) is 8.07. The quantitative estimate of drug-likeness (QED) is 0.781. The van der Waals surface area contributed by atoms with E-state index in [0.717, 1.165) is 24.0 Å². The molecule has 0 spiro atoms. The first-order chi connectivity index (χ1) is 11.5. The third kappa shape index (κ3) is 3.83. The predicted molar refractivity (Wildman–Crippen MR) is 89.4 cm³/mol. The van der Waals surface area contributed by atoms with Crippen LogP contribution in [0.25, 0.3) is 11.0 Å². The smallest absolute Gasteiger partial charge is 0.336 e. The molecule has 1 aromatic heterocycles. The van der Waals surface area contributed by atoms with Crippen LogP contribution in [0.1, 0.15) is 19.4 Å². The van der Waals surface area contributed by atoms with Gasteiger partial charge in [0.25, 0.3) is 0 Å². The highest BCUT2D eigenvalue weighted by Gasteiger charge is 2.15. The fourth-order valence-corrected chi connectivity index (χ4v) is 2.70. The van der Waals surface area contributed by atoms with Crippen molar-refractivity contribution >= 4 is 16.8 Å². The van der Waals surface area contributed by atoms with Gasteiger partial charge in [0.1, 0.15) is 11.3 Å². The normalized spacial score (nSPS) is 16.9. The molecule has 0 N–H and O–H groups in total. The second-order valence-corrected chi connectivity index (χ2v) is 6.01. The van der Waals surface area contributed by atoms with Gasteiger partial charge in [-0.3, -0.25) is 9.69 Å². The molecule has 1 atom stereocenters. The Kier molecular flexibility index (Phi) is 4.97. The number of ketones is 1. The first kappa shape index (κ1) is 16.7. The van der Waals surface area contributed by atoms with Crippen molar-refractivity contribution in [3.8, 4) is 5.75 Å². The van der Waals surface area contributed by atoms with E-state index in [2.05, 4.69) is 4.90 Å². The van der Waals surface area contributed by atoms with E-state index in [1.165, 1.54) is 13.0 Å². The van der Waals surface area contributed by atoms with Gasteiger partial charge in [0.15, 0.2) is 11.9 Å². The second-order valence-electron chi connectivity index (χ2n) is 6.01. The maximum absolute atomic E-state index is 11.9. The zero-order valence-electron chi connectivity index (χ0n) is 13.9. The molecule has 1 aliphatic rings. The molecular weight excluding hydrogens is 310 g/mol. The molecule has 3 rings (SSSR count). The highest BCUT2D eigenvalue weighted by molar-refractivity contribution is 5.82. The third-order valence-corrected chi connectivity index (χ3v) is 4.18. The summed E-state index contributed by atoms with van der Waals surface area (Å²) in [7, 11) is 0. The highest BCUT2D eigenvalue weighted by Crippen LogP contribution is 2.24. The van der Waals surface area contributed by atoms with Crippen LogP contribution < -0.4 is 10.4 Å². The number of rotatable bonds is 5. The lowest BCUT2D eigenvalue weighted by molar-refractivity contribution is -0.122. The predicted octanol–water partition coefficient (Wildman–Crippen LogP) is 1.98. The van der Waals surface area contributed by atoms with Gasteiger partial charge in [-0.1, -0.05) is 0 Å². The van der Waals surface area contributed by atoms with E-state index >= 15 is 0 Å². The molecule has 6 heteroatoms. The van der Waals surface area contributed by atoms with Crippen LogP contribution in [0.3, 0.4) is 0 Å². The fraction of sp³-hybridized carbons (Fsp3) is 0.444. The van der Waals surface area contributed by atoms with Crippen molar-refractivity contribution in [1.82, 2.24) is 4.90 Å². The summed E-state index contributed by atoms with van der Waals surface area (Å²) in [6.07, 6.45) is -0.536. The van der Waals surface area contributed by atoms with Gasteiger partial charge >= 0.3 is 5.63 Å². The summed E-state index contributed by atoms with van der Waals surface area (Å²) in [5.74, 6) is 0.453. The van der Waals surface area contributed by atoms with Crippen molar-refractivity contribution in [2.45, 2.75) is 26.5 Å². The van der Waals surface area contributed by atoms with E-state index in [0.29, 0.717) is 31.1 Å². The van der Waals surface area contributed by atoms with E-state index in [-0.39, 0.29) is 11.4 Å². The molecule has 1 fully saturated rings. The Morgan fingerprint density at radius 2 is 2.04 bits per heavy atom. The minimum absolute atomic E-state index is 0.0578. The summed E-state index contributed by atoms with van der Waals surface area (Å²) in [4.78, 5) is 25.5. The van der Waals surface area contributed by atoms with Crippen LogP contribution in [0.2, 0.25) is 0 Å². The van der Waals surface area contributed by atoms with Gasteiger partial charge in [-0.2, -0.15) is 0 Å². The van der Waals surface area contributed by atoms with Gasteiger partial charge in [-0.25, -0.2) is 4.79 Å². The molecular formula is C18H21NO5. The zero-order chi connectivity index (χ0) is 17.1. The number of morpholine rings is 1. The lowest BCUT2D eigenvalue weighted by Gasteiger charge is -2.26. The summed E-state index contributed by atoms with van der Waals surface area (Å²) >= 11 is 0. The van der Waals surface area contributed by atoms with E-state index in [4.69, 9.17) is 13.9 Å². The molecule has 1 aliphatic heterocycles. The molecule has 0 saturated carbocycles. The SMILES string of the molecule is CC(=O)C(C)Oc1ccc2c(CN3CCOCC3)cc(=O)oc2c1. The van der Waals surface area contributed by atoms with Crippen LogP contribution in [0, 0.1) is 0 Å². The zero-order valence-corrected chi connectivity index (χ0v) is 13.9. The average Bonchev–Trinajstić information content (AvgIpc) is 2.55. The molecule has 1 aromatic carbocycles. The van der Waals surface area contributed by atoms with Gasteiger partial charge in [0.05, 0.1) is 13.2 Å². The van der Waals surface area contributed by atoms with Crippen LogP contribution in [0.5, 0.6) is 5.75 Å². The third-order valence-electron chi connectivity index (χ3n) is 4.18. The molecule has 1 unspecified atom stereocenters. The average molecular weight is 331 g/mol. The lowest BCUT2D eigenvalue weighted by Crippen LogP contribution is -2.35. The molecule has 0 radical (unpaired) electrons. The van der Waals surface area contributed by atoms with Gasteiger partial charge in [-0.15, -0.1) is 0 Å². The van der Waals surface area contributed by atoms with Gasteiger partial charge in [-0.05, 0) is 31.5 Å². The Morgan fingerprint density at radius 1 is 1.29 bits per heavy atom. The molecule has 2 heterocycles. The van der Waals surface area contributed by atoms with Crippen molar-refractivity contribution in [3.05, 3.63) is 40.2 Å². The molecule has 24 heavy (non-hydrogen) atoms. The van der Waals surface area contributed by atoms with E-state index in [1.807, 2.05) is 6.07 Å². The number of fused-ring (bicyclic) bond motifs is 1. The second kappa shape index (κ2) is 7.15. The summed E-state index contributed by atoms with van der Waals surface area (Å²) in [5, 5.41) is 0.879. The minimum atomic E-state index is -0.536. The Hall–Kier alpha value is -2.18. The summed E-state index contributed by atoms with van der Waals surface area (Å²) in [6, 6.07) is 6.87. The van der Waals surface area contributed by atoms with Crippen molar-refractivity contribution < 1.29 is 18.7 Å². The minimum Gasteiger partial charge on any atom is -0.483 e. The molecule has 2 aromatic rings. The topological polar surface area (TPSA) is 69.0 Å². The molecule has 0 aliphatic carbocycles. The standard InChI is InChI=1S/C18H21NO5/c1-12(20)13(2)23-15-3-4-16-14(9-18(21)24-17(16)10-15)11-19-5-7-22-8-6-19/h3-4,9-10,13H,5-8,11H2,1-2H3. The Balaban J connectivity index is 1.90. The monoisotopic (exact) mass is 331 g/mol. The number of Topliss-reactive ketones (excluding diaryl/α,β-unsaturated/α-hetero) is 1. The molecule has 1 saturated heterocycles. The number of carbonyl (C=O) groups excluding carboxylic acids is 1. The largest absolute Gasteiger partial charge is 0.483 e. The van der Waals surface area contributed by atoms with Crippen LogP contribution in [-0.4, -0.2) is 43.1 Å². The van der Waals surface area contributed by atoms with Crippen molar-refractivity contribution in [3.63, 3.8) is 0 Å². The van der Waals surface area contributed by atoms with Gasteiger partial charge < -0.3 is 13.9 Å². The van der Waals surface area contributed by atoms with Gasteiger partial charge in [0.2, 0.25) is 0 Å².